The Morgan fingerprint density at radius 2 is 1.89 bits per heavy atom. The second kappa shape index (κ2) is 8.79. The molecule has 0 amide bonds. The maximum atomic E-state index is 11.5. The summed E-state index contributed by atoms with van der Waals surface area (Å²) in [5, 5.41) is 7.32. The Morgan fingerprint density at radius 1 is 1.19 bits per heavy atom. The molecule has 0 spiro atoms. The Balaban J connectivity index is 1.96. The van der Waals surface area contributed by atoms with Crippen molar-refractivity contribution >= 4 is 35.1 Å². The minimum Gasteiger partial charge on any atom is -0.465 e. The first kappa shape index (κ1) is 19.1. The molecule has 3 aromatic rings. The van der Waals surface area contributed by atoms with Crippen LogP contribution in [0.3, 0.4) is 0 Å². The van der Waals surface area contributed by atoms with Gasteiger partial charge in [0.25, 0.3) is 0 Å². The number of methoxy groups -OCH3 is 1. The van der Waals surface area contributed by atoms with Crippen LogP contribution in [-0.4, -0.2) is 30.5 Å². The molecule has 2 aromatic carbocycles. The Kier molecular flexibility index (Phi) is 6.21. The number of ether oxygens (including phenoxy) is 1. The maximum absolute atomic E-state index is 11.5. The van der Waals surface area contributed by atoms with Crippen molar-refractivity contribution in [1.29, 1.82) is 0 Å². The SMILES string of the molecule is CCN=c1scc(-c2ccc(Cl)cc2)n1N=Cc1ccc(C(=O)OC)cc1. The van der Waals surface area contributed by atoms with E-state index in [4.69, 9.17) is 16.3 Å². The van der Waals surface area contributed by atoms with E-state index in [0.29, 0.717) is 17.1 Å². The minimum atomic E-state index is -0.361. The molecule has 5 nitrogen and oxygen atoms in total. The van der Waals surface area contributed by atoms with Crippen LogP contribution in [0.1, 0.15) is 22.8 Å². The molecule has 3 rings (SSSR count). The average molecular weight is 400 g/mol. The van der Waals surface area contributed by atoms with Gasteiger partial charge in [-0.3, -0.25) is 4.99 Å². The fourth-order valence-electron chi connectivity index (χ4n) is 2.42. The number of benzene rings is 2. The minimum absolute atomic E-state index is 0.361. The fraction of sp³-hybridized carbons (Fsp3) is 0.150. The summed E-state index contributed by atoms with van der Waals surface area (Å²) < 4.78 is 6.52. The normalized spacial score (nSPS) is 11.9. The first-order chi connectivity index (χ1) is 13.1. The van der Waals surface area contributed by atoms with E-state index in [-0.39, 0.29) is 5.97 Å². The third-order valence-corrected chi connectivity index (χ3v) is 4.88. The lowest BCUT2D eigenvalue weighted by molar-refractivity contribution is 0.0600. The van der Waals surface area contributed by atoms with Gasteiger partial charge in [0.2, 0.25) is 4.80 Å². The van der Waals surface area contributed by atoms with E-state index < -0.39 is 0 Å². The van der Waals surface area contributed by atoms with E-state index in [9.17, 15) is 4.79 Å². The van der Waals surface area contributed by atoms with Gasteiger partial charge in [0.05, 0.1) is 24.6 Å². The lowest BCUT2D eigenvalue weighted by atomic mass is 10.1. The molecule has 0 aliphatic rings. The van der Waals surface area contributed by atoms with Crippen LogP contribution in [0.5, 0.6) is 0 Å². The van der Waals surface area contributed by atoms with Crippen LogP contribution in [0, 0.1) is 0 Å². The molecule has 27 heavy (non-hydrogen) atoms. The van der Waals surface area contributed by atoms with E-state index in [0.717, 1.165) is 21.6 Å². The van der Waals surface area contributed by atoms with Gasteiger partial charge in [0.1, 0.15) is 0 Å². The number of thiazole rings is 1. The second-order valence-electron chi connectivity index (χ2n) is 5.55. The molecule has 0 unspecified atom stereocenters. The summed E-state index contributed by atoms with van der Waals surface area (Å²) in [4.78, 5) is 16.9. The third-order valence-electron chi connectivity index (χ3n) is 3.77. The van der Waals surface area contributed by atoms with Crippen LogP contribution in [0.25, 0.3) is 11.3 Å². The zero-order valence-electron chi connectivity index (χ0n) is 14.9. The zero-order valence-corrected chi connectivity index (χ0v) is 16.5. The highest BCUT2D eigenvalue weighted by Crippen LogP contribution is 2.22. The first-order valence-electron chi connectivity index (χ1n) is 8.32. The third kappa shape index (κ3) is 4.53. The molecule has 0 aliphatic carbocycles. The molecular weight excluding hydrogens is 382 g/mol. The quantitative estimate of drug-likeness (QED) is 0.469. The van der Waals surface area contributed by atoms with Gasteiger partial charge in [-0.15, -0.1) is 11.3 Å². The number of rotatable bonds is 5. The zero-order chi connectivity index (χ0) is 19.2. The van der Waals surface area contributed by atoms with E-state index >= 15 is 0 Å². The molecule has 0 fully saturated rings. The summed E-state index contributed by atoms with van der Waals surface area (Å²) >= 11 is 7.53. The molecule has 0 bridgehead atoms. The van der Waals surface area contributed by atoms with Crippen LogP contribution in [-0.2, 0) is 4.74 Å². The molecule has 0 N–H and O–H groups in total. The molecular formula is C20H18ClN3O2S. The van der Waals surface area contributed by atoms with Crippen molar-refractivity contribution in [2.45, 2.75) is 6.92 Å². The van der Waals surface area contributed by atoms with Gasteiger partial charge in [0, 0.05) is 22.5 Å². The van der Waals surface area contributed by atoms with Gasteiger partial charge in [-0.25, -0.2) is 9.47 Å². The van der Waals surface area contributed by atoms with Gasteiger partial charge in [0.15, 0.2) is 0 Å². The molecule has 0 radical (unpaired) electrons. The fourth-order valence-corrected chi connectivity index (χ4v) is 3.45. The van der Waals surface area contributed by atoms with Crippen LogP contribution in [0.2, 0.25) is 5.02 Å². The van der Waals surface area contributed by atoms with Gasteiger partial charge >= 0.3 is 5.97 Å². The number of hydrogen-bond acceptors (Lipinski definition) is 5. The van der Waals surface area contributed by atoms with Gasteiger partial charge in [-0.1, -0.05) is 35.9 Å². The lowest BCUT2D eigenvalue weighted by Crippen LogP contribution is -2.12. The van der Waals surface area contributed by atoms with Crippen molar-refractivity contribution in [3.63, 3.8) is 0 Å². The van der Waals surface area contributed by atoms with Gasteiger partial charge < -0.3 is 4.74 Å². The molecule has 0 saturated carbocycles. The van der Waals surface area contributed by atoms with Crippen molar-refractivity contribution in [2.75, 3.05) is 13.7 Å². The van der Waals surface area contributed by atoms with E-state index in [1.807, 2.05) is 53.4 Å². The molecule has 138 valence electrons. The first-order valence-corrected chi connectivity index (χ1v) is 9.58. The topological polar surface area (TPSA) is 56.0 Å². The number of esters is 1. The summed E-state index contributed by atoms with van der Waals surface area (Å²) in [7, 11) is 1.36. The Hall–Kier alpha value is -2.70. The number of hydrogen-bond donors (Lipinski definition) is 0. The highest BCUT2D eigenvalue weighted by molar-refractivity contribution is 7.07. The predicted octanol–water partition coefficient (Wildman–Crippen LogP) is 4.46. The lowest BCUT2D eigenvalue weighted by Gasteiger charge is -2.04. The highest BCUT2D eigenvalue weighted by Gasteiger charge is 2.08. The van der Waals surface area contributed by atoms with Crippen molar-refractivity contribution < 1.29 is 9.53 Å². The van der Waals surface area contributed by atoms with Gasteiger partial charge in [-0.2, -0.15) is 5.10 Å². The number of nitrogens with zero attached hydrogens (tertiary/aromatic N) is 3. The molecule has 0 atom stereocenters. The summed E-state index contributed by atoms with van der Waals surface area (Å²) in [6, 6.07) is 14.7. The molecule has 0 aliphatic heterocycles. The number of halogens is 1. The number of carbonyl (C=O) groups is 1. The number of carbonyl (C=O) groups excluding carboxylic acids is 1. The van der Waals surface area contributed by atoms with Crippen LogP contribution in [0.4, 0.5) is 0 Å². The number of aromatic nitrogens is 1. The molecule has 7 heteroatoms. The van der Waals surface area contributed by atoms with Crippen LogP contribution < -0.4 is 4.80 Å². The second-order valence-corrected chi connectivity index (χ2v) is 6.83. The van der Waals surface area contributed by atoms with E-state index in [1.54, 1.807) is 18.3 Å². The van der Waals surface area contributed by atoms with Crippen LogP contribution >= 0.6 is 22.9 Å². The van der Waals surface area contributed by atoms with Crippen molar-refractivity contribution in [2.24, 2.45) is 10.1 Å². The van der Waals surface area contributed by atoms with Gasteiger partial charge in [-0.05, 0) is 36.8 Å². The molecule has 0 saturated heterocycles. The Morgan fingerprint density at radius 3 is 2.52 bits per heavy atom. The Bertz CT molecular complexity index is 1020. The summed E-state index contributed by atoms with van der Waals surface area (Å²) in [5.74, 6) is -0.361. The Labute approximate surface area is 166 Å². The summed E-state index contributed by atoms with van der Waals surface area (Å²) in [5.41, 5.74) is 3.31. The average Bonchev–Trinajstić information content (AvgIpc) is 3.09. The van der Waals surface area contributed by atoms with Crippen molar-refractivity contribution in [3.05, 3.63) is 74.9 Å². The van der Waals surface area contributed by atoms with Crippen LogP contribution in [0.15, 0.2) is 64.0 Å². The predicted molar refractivity (Wildman–Crippen MR) is 110 cm³/mol. The monoisotopic (exact) mass is 399 g/mol. The molecule has 1 heterocycles. The van der Waals surface area contributed by atoms with E-state index in [2.05, 4.69) is 10.1 Å². The summed E-state index contributed by atoms with van der Waals surface area (Å²) in [6.45, 7) is 2.66. The van der Waals surface area contributed by atoms with Crippen molar-refractivity contribution in [3.8, 4) is 11.3 Å². The standard InChI is InChI=1S/C20H18ClN3O2S/c1-3-22-20-24(18(13-27-20)15-8-10-17(21)11-9-15)23-12-14-4-6-16(7-5-14)19(25)26-2/h4-13H,3H2,1-2H3. The largest absolute Gasteiger partial charge is 0.465 e. The van der Waals surface area contributed by atoms with E-state index in [1.165, 1.54) is 18.4 Å². The smallest absolute Gasteiger partial charge is 0.337 e. The van der Waals surface area contributed by atoms with Crippen molar-refractivity contribution in [1.82, 2.24) is 4.68 Å². The summed E-state index contributed by atoms with van der Waals surface area (Å²) in [6.07, 6.45) is 1.74. The highest BCUT2D eigenvalue weighted by atomic mass is 35.5. The maximum Gasteiger partial charge on any atom is 0.337 e. The molecule has 1 aromatic heterocycles.